The largest absolute Gasteiger partial charge is 0.457 e. The Morgan fingerprint density at radius 2 is 2.05 bits per heavy atom. The highest BCUT2D eigenvalue weighted by Gasteiger charge is 2.07. The van der Waals surface area contributed by atoms with E-state index < -0.39 is 0 Å². The van der Waals surface area contributed by atoms with Crippen LogP contribution in [0.4, 0.5) is 0 Å². The maximum absolute atomic E-state index is 9.25. The molecule has 100 valence electrons. The summed E-state index contributed by atoms with van der Waals surface area (Å²) in [5, 5.41) is 9.25. The first kappa shape index (κ1) is 13.6. The van der Waals surface area contributed by atoms with Crippen LogP contribution >= 0.6 is 0 Å². The van der Waals surface area contributed by atoms with Gasteiger partial charge in [0, 0.05) is 18.0 Å². The van der Waals surface area contributed by atoms with Crippen molar-refractivity contribution in [3.8, 4) is 11.5 Å². The Hall–Kier alpha value is -1.87. The van der Waals surface area contributed by atoms with Gasteiger partial charge in [-0.1, -0.05) is 19.9 Å². The van der Waals surface area contributed by atoms with Gasteiger partial charge in [-0.05, 0) is 42.2 Å². The number of aryl methyl sites for hydroxylation is 1. The van der Waals surface area contributed by atoms with E-state index in [-0.39, 0.29) is 6.61 Å². The van der Waals surface area contributed by atoms with Crippen LogP contribution in [0, 0.1) is 6.92 Å². The molecule has 0 aliphatic carbocycles. The maximum Gasteiger partial charge on any atom is 0.136 e. The molecule has 0 aliphatic heterocycles. The van der Waals surface area contributed by atoms with E-state index >= 15 is 0 Å². The normalized spacial score (nSPS) is 10.8. The van der Waals surface area contributed by atoms with Crippen LogP contribution in [0.5, 0.6) is 11.5 Å². The van der Waals surface area contributed by atoms with Gasteiger partial charge in [-0.25, -0.2) is 0 Å². The van der Waals surface area contributed by atoms with Crippen LogP contribution < -0.4 is 4.74 Å². The first-order valence-corrected chi connectivity index (χ1v) is 6.44. The summed E-state index contributed by atoms with van der Waals surface area (Å²) in [6, 6.07) is 7.84. The third-order valence-electron chi connectivity index (χ3n) is 3.12. The fraction of sp³-hybridized carbons (Fsp3) is 0.312. The summed E-state index contributed by atoms with van der Waals surface area (Å²) in [6.45, 7) is 6.36. The van der Waals surface area contributed by atoms with Crippen molar-refractivity contribution in [3.63, 3.8) is 0 Å². The Balaban J connectivity index is 2.26. The molecule has 0 atom stereocenters. The second-order valence-electron chi connectivity index (χ2n) is 4.92. The molecule has 0 fully saturated rings. The monoisotopic (exact) mass is 257 g/mol. The lowest BCUT2D eigenvalue weighted by molar-refractivity contribution is 0.276. The van der Waals surface area contributed by atoms with Crippen molar-refractivity contribution in [1.82, 2.24) is 4.98 Å². The Bertz CT molecular complexity index is 564. The summed E-state index contributed by atoms with van der Waals surface area (Å²) in [5.41, 5.74) is 3.23. The highest BCUT2D eigenvalue weighted by Crippen LogP contribution is 2.28. The highest BCUT2D eigenvalue weighted by atomic mass is 16.5. The molecule has 2 rings (SSSR count). The van der Waals surface area contributed by atoms with E-state index in [1.165, 1.54) is 11.1 Å². The molecule has 3 heteroatoms. The fourth-order valence-corrected chi connectivity index (χ4v) is 2.12. The number of pyridine rings is 1. The molecule has 2 aromatic rings. The number of ether oxygens (including phenoxy) is 1. The standard InChI is InChI=1S/C16H19NO2/c1-11(2)15-5-4-14(8-12(15)3)19-16-6-7-17-9-13(16)10-18/h4-9,11,18H,10H2,1-3H3. The fourth-order valence-electron chi connectivity index (χ4n) is 2.12. The van der Waals surface area contributed by atoms with Crippen molar-refractivity contribution >= 4 is 0 Å². The SMILES string of the molecule is Cc1cc(Oc2ccncc2CO)ccc1C(C)C. The molecule has 0 amide bonds. The summed E-state index contributed by atoms with van der Waals surface area (Å²) in [6.07, 6.45) is 3.27. The molecule has 3 nitrogen and oxygen atoms in total. The smallest absolute Gasteiger partial charge is 0.136 e. The third kappa shape index (κ3) is 3.12. The van der Waals surface area contributed by atoms with E-state index in [9.17, 15) is 5.11 Å². The first-order chi connectivity index (χ1) is 9.11. The number of rotatable bonds is 4. The number of nitrogens with zero attached hydrogens (tertiary/aromatic N) is 1. The van der Waals surface area contributed by atoms with Crippen LogP contribution in [0.15, 0.2) is 36.7 Å². The number of benzene rings is 1. The quantitative estimate of drug-likeness (QED) is 0.906. The van der Waals surface area contributed by atoms with E-state index in [1.807, 2.05) is 12.1 Å². The topological polar surface area (TPSA) is 42.4 Å². The van der Waals surface area contributed by atoms with Crippen LogP contribution in [-0.2, 0) is 6.61 Å². The summed E-state index contributed by atoms with van der Waals surface area (Å²) >= 11 is 0. The molecule has 0 saturated carbocycles. The number of aliphatic hydroxyl groups is 1. The lowest BCUT2D eigenvalue weighted by Gasteiger charge is -2.13. The van der Waals surface area contributed by atoms with Crippen molar-refractivity contribution in [1.29, 1.82) is 0 Å². The first-order valence-electron chi connectivity index (χ1n) is 6.44. The molecular weight excluding hydrogens is 238 g/mol. The van der Waals surface area contributed by atoms with Crippen LogP contribution in [0.1, 0.15) is 36.5 Å². The van der Waals surface area contributed by atoms with Crippen LogP contribution in [0.25, 0.3) is 0 Å². The number of hydrogen-bond acceptors (Lipinski definition) is 3. The zero-order valence-corrected chi connectivity index (χ0v) is 11.6. The summed E-state index contributed by atoms with van der Waals surface area (Å²) in [4.78, 5) is 3.97. The van der Waals surface area contributed by atoms with Crippen molar-refractivity contribution in [2.45, 2.75) is 33.3 Å². The maximum atomic E-state index is 9.25. The predicted octanol–water partition coefficient (Wildman–Crippen LogP) is 3.80. The minimum Gasteiger partial charge on any atom is -0.457 e. The lowest BCUT2D eigenvalue weighted by atomic mass is 9.98. The second kappa shape index (κ2) is 5.85. The van der Waals surface area contributed by atoms with Crippen LogP contribution in [-0.4, -0.2) is 10.1 Å². The lowest BCUT2D eigenvalue weighted by Crippen LogP contribution is -1.95. The van der Waals surface area contributed by atoms with Gasteiger partial charge in [0.15, 0.2) is 0 Å². The Morgan fingerprint density at radius 3 is 2.68 bits per heavy atom. The van der Waals surface area contributed by atoms with Gasteiger partial charge in [-0.3, -0.25) is 4.98 Å². The number of hydrogen-bond donors (Lipinski definition) is 1. The van der Waals surface area contributed by atoms with Crippen molar-refractivity contribution in [2.75, 3.05) is 0 Å². The highest BCUT2D eigenvalue weighted by molar-refractivity contribution is 5.40. The average Bonchev–Trinajstić information content (AvgIpc) is 2.39. The molecule has 0 unspecified atom stereocenters. The second-order valence-corrected chi connectivity index (χ2v) is 4.92. The number of aromatic nitrogens is 1. The summed E-state index contributed by atoms with van der Waals surface area (Å²) in [5.74, 6) is 1.93. The summed E-state index contributed by atoms with van der Waals surface area (Å²) in [7, 11) is 0. The Morgan fingerprint density at radius 1 is 1.26 bits per heavy atom. The van der Waals surface area contributed by atoms with Crippen LogP contribution in [0.2, 0.25) is 0 Å². The molecule has 0 spiro atoms. The molecule has 1 N–H and O–H groups in total. The zero-order valence-electron chi connectivity index (χ0n) is 11.6. The third-order valence-corrected chi connectivity index (χ3v) is 3.12. The van der Waals surface area contributed by atoms with Gasteiger partial charge in [0.25, 0.3) is 0 Å². The molecule has 0 bridgehead atoms. The molecular formula is C16H19NO2. The Labute approximate surface area is 113 Å². The van der Waals surface area contributed by atoms with Gasteiger partial charge < -0.3 is 9.84 Å². The van der Waals surface area contributed by atoms with Gasteiger partial charge in [-0.15, -0.1) is 0 Å². The molecule has 0 radical (unpaired) electrons. The van der Waals surface area contributed by atoms with E-state index in [0.29, 0.717) is 17.2 Å². The van der Waals surface area contributed by atoms with E-state index in [4.69, 9.17) is 4.74 Å². The van der Waals surface area contributed by atoms with Gasteiger partial charge in [-0.2, -0.15) is 0 Å². The summed E-state index contributed by atoms with van der Waals surface area (Å²) < 4.78 is 5.82. The zero-order chi connectivity index (χ0) is 13.8. The Kier molecular flexibility index (Phi) is 4.17. The van der Waals surface area contributed by atoms with E-state index in [1.54, 1.807) is 18.5 Å². The minimum atomic E-state index is -0.0771. The van der Waals surface area contributed by atoms with E-state index in [2.05, 4.69) is 31.8 Å². The average molecular weight is 257 g/mol. The van der Waals surface area contributed by atoms with Crippen molar-refractivity contribution < 1.29 is 9.84 Å². The molecule has 19 heavy (non-hydrogen) atoms. The van der Waals surface area contributed by atoms with Crippen molar-refractivity contribution in [3.05, 3.63) is 53.3 Å². The molecule has 0 aliphatic rings. The molecule has 1 aromatic heterocycles. The minimum absolute atomic E-state index is 0.0771. The van der Waals surface area contributed by atoms with Gasteiger partial charge in [0.2, 0.25) is 0 Å². The van der Waals surface area contributed by atoms with Crippen LogP contribution in [0.3, 0.4) is 0 Å². The van der Waals surface area contributed by atoms with Crippen molar-refractivity contribution in [2.24, 2.45) is 0 Å². The van der Waals surface area contributed by atoms with Gasteiger partial charge in [0.05, 0.1) is 6.61 Å². The molecule has 1 heterocycles. The number of aliphatic hydroxyl groups excluding tert-OH is 1. The predicted molar refractivity (Wildman–Crippen MR) is 75.5 cm³/mol. The van der Waals surface area contributed by atoms with E-state index in [0.717, 1.165) is 5.75 Å². The van der Waals surface area contributed by atoms with Gasteiger partial charge in [0.1, 0.15) is 11.5 Å². The molecule has 0 saturated heterocycles. The van der Waals surface area contributed by atoms with Gasteiger partial charge >= 0.3 is 0 Å². The molecule has 1 aromatic carbocycles.